The SMILES string of the molecule is COCCC(=O)NC1CCCC1Oc1ccccc1. The first kappa shape index (κ1) is 13.9. The maximum absolute atomic E-state index is 11.7. The van der Waals surface area contributed by atoms with E-state index in [4.69, 9.17) is 9.47 Å². The highest BCUT2D eigenvalue weighted by atomic mass is 16.5. The Bertz CT molecular complexity index is 394. The van der Waals surface area contributed by atoms with Gasteiger partial charge in [0.1, 0.15) is 11.9 Å². The lowest BCUT2D eigenvalue weighted by atomic mass is 10.2. The zero-order valence-corrected chi connectivity index (χ0v) is 11.3. The number of hydrogen-bond donors (Lipinski definition) is 1. The van der Waals surface area contributed by atoms with Crippen LogP contribution in [0, 0.1) is 0 Å². The zero-order valence-electron chi connectivity index (χ0n) is 11.3. The largest absolute Gasteiger partial charge is 0.488 e. The van der Waals surface area contributed by atoms with Crippen LogP contribution in [0.5, 0.6) is 5.75 Å². The Morgan fingerprint density at radius 2 is 2.11 bits per heavy atom. The van der Waals surface area contributed by atoms with E-state index in [1.54, 1.807) is 7.11 Å². The Hall–Kier alpha value is -1.55. The van der Waals surface area contributed by atoms with E-state index in [2.05, 4.69) is 5.32 Å². The summed E-state index contributed by atoms with van der Waals surface area (Å²) >= 11 is 0. The Balaban J connectivity index is 1.85. The number of benzene rings is 1. The lowest BCUT2D eigenvalue weighted by Crippen LogP contribution is -2.42. The molecule has 2 unspecified atom stereocenters. The van der Waals surface area contributed by atoms with Gasteiger partial charge < -0.3 is 14.8 Å². The van der Waals surface area contributed by atoms with Crippen molar-refractivity contribution in [2.24, 2.45) is 0 Å². The summed E-state index contributed by atoms with van der Waals surface area (Å²) in [5.41, 5.74) is 0. The molecule has 1 aliphatic rings. The van der Waals surface area contributed by atoms with Gasteiger partial charge in [-0.1, -0.05) is 18.2 Å². The van der Waals surface area contributed by atoms with Crippen LogP contribution in [0.3, 0.4) is 0 Å². The van der Waals surface area contributed by atoms with E-state index in [9.17, 15) is 4.79 Å². The molecule has 1 amide bonds. The Labute approximate surface area is 114 Å². The lowest BCUT2D eigenvalue weighted by molar-refractivity contribution is -0.123. The second-order valence-corrected chi connectivity index (χ2v) is 4.82. The highest BCUT2D eigenvalue weighted by molar-refractivity contribution is 5.76. The van der Waals surface area contributed by atoms with Crippen molar-refractivity contribution >= 4 is 5.91 Å². The van der Waals surface area contributed by atoms with E-state index in [1.165, 1.54) is 0 Å². The average molecular weight is 263 g/mol. The summed E-state index contributed by atoms with van der Waals surface area (Å²) < 4.78 is 10.9. The molecule has 0 heterocycles. The van der Waals surface area contributed by atoms with Gasteiger partial charge in [0.25, 0.3) is 0 Å². The summed E-state index contributed by atoms with van der Waals surface area (Å²) in [4.78, 5) is 11.7. The number of ether oxygens (including phenoxy) is 2. The Morgan fingerprint density at radius 1 is 1.32 bits per heavy atom. The maximum atomic E-state index is 11.7. The molecule has 0 aliphatic heterocycles. The normalized spacial score (nSPS) is 22.2. The average Bonchev–Trinajstić information content (AvgIpc) is 2.85. The van der Waals surface area contributed by atoms with Crippen LogP contribution in [0.4, 0.5) is 0 Å². The summed E-state index contributed by atoms with van der Waals surface area (Å²) in [5, 5.41) is 3.04. The van der Waals surface area contributed by atoms with E-state index in [-0.39, 0.29) is 18.1 Å². The minimum absolute atomic E-state index is 0.0374. The summed E-state index contributed by atoms with van der Waals surface area (Å²) in [6.45, 7) is 0.461. The van der Waals surface area contributed by atoms with Gasteiger partial charge in [0, 0.05) is 13.5 Å². The molecule has 0 spiro atoms. The highest BCUT2D eigenvalue weighted by Crippen LogP contribution is 2.24. The van der Waals surface area contributed by atoms with Crippen molar-refractivity contribution in [3.05, 3.63) is 30.3 Å². The lowest BCUT2D eigenvalue weighted by Gasteiger charge is -2.22. The van der Waals surface area contributed by atoms with Crippen molar-refractivity contribution in [3.8, 4) is 5.75 Å². The molecule has 0 aromatic heterocycles. The summed E-state index contributed by atoms with van der Waals surface area (Å²) in [5.74, 6) is 0.904. The molecule has 0 radical (unpaired) electrons. The van der Waals surface area contributed by atoms with Crippen LogP contribution >= 0.6 is 0 Å². The third kappa shape index (κ3) is 4.24. The van der Waals surface area contributed by atoms with Crippen molar-refractivity contribution in [2.45, 2.75) is 37.8 Å². The Kier molecular flexibility index (Phi) is 5.21. The van der Waals surface area contributed by atoms with E-state index in [0.29, 0.717) is 13.0 Å². The zero-order chi connectivity index (χ0) is 13.5. The molecule has 4 heteroatoms. The second kappa shape index (κ2) is 7.14. The molecule has 1 fully saturated rings. The van der Waals surface area contributed by atoms with Crippen LogP contribution in [0.1, 0.15) is 25.7 Å². The van der Waals surface area contributed by atoms with Crippen molar-refractivity contribution in [1.82, 2.24) is 5.32 Å². The number of amides is 1. The third-order valence-electron chi connectivity index (χ3n) is 3.36. The molecule has 1 aliphatic carbocycles. The number of methoxy groups -OCH3 is 1. The molecule has 4 nitrogen and oxygen atoms in total. The number of hydrogen-bond acceptors (Lipinski definition) is 3. The van der Waals surface area contributed by atoms with Gasteiger partial charge >= 0.3 is 0 Å². The molecular weight excluding hydrogens is 242 g/mol. The van der Waals surface area contributed by atoms with Crippen LogP contribution in [-0.2, 0) is 9.53 Å². The topological polar surface area (TPSA) is 47.6 Å². The van der Waals surface area contributed by atoms with E-state index < -0.39 is 0 Å². The van der Waals surface area contributed by atoms with Gasteiger partial charge in [-0.3, -0.25) is 4.79 Å². The van der Waals surface area contributed by atoms with Crippen molar-refractivity contribution in [2.75, 3.05) is 13.7 Å². The van der Waals surface area contributed by atoms with Crippen molar-refractivity contribution in [3.63, 3.8) is 0 Å². The van der Waals surface area contributed by atoms with Crippen molar-refractivity contribution < 1.29 is 14.3 Å². The quantitative estimate of drug-likeness (QED) is 0.855. The molecule has 0 bridgehead atoms. The first-order valence-electron chi connectivity index (χ1n) is 6.79. The number of para-hydroxylation sites is 1. The number of nitrogens with one attached hydrogen (secondary N) is 1. The minimum atomic E-state index is 0.0374. The molecule has 104 valence electrons. The first-order valence-corrected chi connectivity index (χ1v) is 6.79. The van der Waals surface area contributed by atoms with Crippen LogP contribution < -0.4 is 10.1 Å². The number of carbonyl (C=O) groups excluding carboxylic acids is 1. The van der Waals surface area contributed by atoms with Gasteiger partial charge in [0.15, 0.2) is 0 Å². The molecule has 2 atom stereocenters. The number of carbonyl (C=O) groups is 1. The van der Waals surface area contributed by atoms with Gasteiger partial charge in [-0.05, 0) is 31.4 Å². The van der Waals surface area contributed by atoms with E-state index in [0.717, 1.165) is 25.0 Å². The molecule has 1 N–H and O–H groups in total. The summed E-state index contributed by atoms with van der Waals surface area (Å²) in [6.07, 6.45) is 3.55. The van der Waals surface area contributed by atoms with Gasteiger partial charge in [0.05, 0.1) is 12.6 Å². The fourth-order valence-corrected chi connectivity index (χ4v) is 2.38. The predicted molar refractivity (Wildman–Crippen MR) is 73.1 cm³/mol. The molecule has 1 aromatic rings. The first-order chi connectivity index (χ1) is 9.29. The summed E-state index contributed by atoms with van der Waals surface area (Å²) in [7, 11) is 1.60. The molecular formula is C15H21NO3. The molecule has 1 aromatic carbocycles. The standard InChI is InChI=1S/C15H21NO3/c1-18-11-10-15(17)16-13-8-5-9-14(13)19-12-6-3-2-4-7-12/h2-4,6-7,13-14H,5,8-11H2,1H3,(H,16,17). The monoisotopic (exact) mass is 263 g/mol. The van der Waals surface area contributed by atoms with Crippen molar-refractivity contribution in [1.29, 1.82) is 0 Å². The predicted octanol–water partition coefficient (Wildman–Crippen LogP) is 2.14. The minimum Gasteiger partial charge on any atom is -0.488 e. The van der Waals surface area contributed by atoms with Gasteiger partial charge in [-0.15, -0.1) is 0 Å². The Morgan fingerprint density at radius 3 is 2.84 bits per heavy atom. The fraction of sp³-hybridized carbons (Fsp3) is 0.533. The molecule has 2 rings (SSSR count). The maximum Gasteiger partial charge on any atom is 0.222 e. The van der Waals surface area contributed by atoms with Crippen LogP contribution in [0.25, 0.3) is 0 Å². The van der Waals surface area contributed by atoms with Crippen LogP contribution in [0.15, 0.2) is 30.3 Å². The van der Waals surface area contributed by atoms with Gasteiger partial charge in [-0.25, -0.2) is 0 Å². The molecule has 0 saturated heterocycles. The van der Waals surface area contributed by atoms with Gasteiger partial charge in [0.2, 0.25) is 5.91 Å². The molecule has 1 saturated carbocycles. The van der Waals surface area contributed by atoms with E-state index in [1.807, 2.05) is 30.3 Å². The van der Waals surface area contributed by atoms with Gasteiger partial charge in [-0.2, -0.15) is 0 Å². The molecule has 19 heavy (non-hydrogen) atoms. The number of rotatable bonds is 6. The van der Waals surface area contributed by atoms with Crippen LogP contribution in [0.2, 0.25) is 0 Å². The van der Waals surface area contributed by atoms with Crippen LogP contribution in [-0.4, -0.2) is 31.8 Å². The third-order valence-corrected chi connectivity index (χ3v) is 3.36. The summed E-state index contributed by atoms with van der Waals surface area (Å²) in [6, 6.07) is 9.88. The second-order valence-electron chi connectivity index (χ2n) is 4.82. The smallest absolute Gasteiger partial charge is 0.222 e. The highest BCUT2D eigenvalue weighted by Gasteiger charge is 2.30. The van der Waals surface area contributed by atoms with E-state index >= 15 is 0 Å². The fourth-order valence-electron chi connectivity index (χ4n) is 2.38.